The molecule has 0 unspecified atom stereocenters. The van der Waals surface area contributed by atoms with Gasteiger partial charge < -0.3 is 10.3 Å². The van der Waals surface area contributed by atoms with E-state index in [1.54, 1.807) is 0 Å². The molecule has 1 fully saturated rings. The lowest BCUT2D eigenvalue weighted by Gasteiger charge is -2.13. The number of hydrogen-bond donors (Lipinski definition) is 1. The zero-order valence-electron chi connectivity index (χ0n) is 11.1. The lowest BCUT2D eigenvalue weighted by atomic mass is 10.1. The Hall–Kier alpha value is -1.68. The molecule has 3 rings (SSSR count). The Labute approximate surface area is 113 Å². The van der Waals surface area contributed by atoms with E-state index in [-0.39, 0.29) is 0 Å². The molecule has 0 atom stereocenters. The molecular weight excluding hydrogens is 236 g/mol. The zero-order chi connectivity index (χ0) is 13.1. The highest BCUT2D eigenvalue weighted by Crippen LogP contribution is 2.32. The summed E-state index contributed by atoms with van der Waals surface area (Å²) in [6, 6.07) is 9.10. The Bertz CT molecular complexity index is 523. The van der Waals surface area contributed by atoms with E-state index < -0.39 is 0 Å². The monoisotopic (exact) mass is 256 g/mol. The van der Waals surface area contributed by atoms with Gasteiger partial charge in [0.25, 0.3) is 0 Å². The Morgan fingerprint density at radius 1 is 1.16 bits per heavy atom. The second kappa shape index (κ2) is 5.53. The van der Waals surface area contributed by atoms with Gasteiger partial charge in [0.15, 0.2) is 5.82 Å². The molecule has 4 heteroatoms. The third-order valence-corrected chi connectivity index (χ3v) is 3.94. The molecule has 1 heterocycles. The zero-order valence-corrected chi connectivity index (χ0v) is 11.1. The minimum Gasteiger partial charge on any atom is -0.330 e. The summed E-state index contributed by atoms with van der Waals surface area (Å²) in [6.45, 7) is 0.692. The van der Waals surface area contributed by atoms with Crippen molar-refractivity contribution in [1.29, 1.82) is 0 Å². The Morgan fingerprint density at radius 2 is 1.89 bits per heavy atom. The molecule has 0 saturated heterocycles. The third kappa shape index (κ3) is 2.54. The van der Waals surface area contributed by atoms with Gasteiger partial charge in [-0.05, 0) is 31.4 Å². The summed E-state index contributed by atoms with van der Waals surface area (Å²) < 4.78 is 2.24. The fraction of sp³-hybridized carbons (Fsp3) is 0.467. The summed E-state index contributed by atoms with van der Waals surface area (Å²) in [5.74, 6) is 0.992. The van der Waals surface area contributed by atoms with E-state index in [1.807, 2.05) is 6.33 Å². The standard InChI is InChI=1S/C15H20N4/c16-10-9-12-5-7-13(8-6-12)15-18-17-11-19(15)14-3-1-2-4-14/h5-8,11,14H,1-4,9-10,16H2. The first-order chi connectivity index (χ1) is 9.38. The summed E-state index contributed by atoms with van der Waals surface area (Å²) in [5.41, 5.74) is 7.99. The van der Waals surface area contributed by atoms with Crippen molar-refractivity contribution in [3.63, 3.8) is 0 Å². The minimum atomic E-state index is 0.578. The van der Waals surface area contributed by atoms with Crippen molar-refractivity contribution < 1.29 is 0 Å². The van der Waals surface area contributed by atoms with Crippen LogP contribution in [0.3, 0.4) is 0 Å². The molecule has 19 heavy (non-hydrogen) atoms. The van der Waals surface area contributed by atoms with Crippen LogP contribution in [-0.4, -0.2) is 21.3 Å². The summed E-state index contributed by atoms with van der Waals surface area (Å²) in [4.78, 5) is 0. The van der Waals surface area contributed by atoms with E-state index in [9.17, 15) is 0 Å². The van der Waals surface area contributed by atoms with E-state index in [0.717, 1.165) is 17.8 Å². The van der Waals surface area contributed by atoms with Crippen molar-refractivity contribution in [2.24, 2.45) is 5.73 Å². The van der Waals surface area contributed by atoms with Crippen LogP contribution in [0, 0.1) is 0 Å². The van der Waals surface area contributed by atoms with E-state index in [0.29, 0.717) is 12.6 Å². The van der Waals surface area contributed by atoms with Gasteiger partial charge in [0.05, 0.1) is 0 Å². The molecule has 0 aliphatic heterocycles. The second-order valence-corrected chi connectivity index (χ2v) is 5.24. The van der Waals surface area contributed by atoms with Crippen LogP contribution in [-0.2, 0) is 6.42 Å². The lowest BCUT2D eigenvalue weighted by molar-refractivity contribution is 0.522. The average molecular weight is 256 g/mol. The first-order valence-electron chi connectivity index (χ1n) is 7.07. The maximum Gasteiger partial charge on any atom is 0.163 e. The molecule has 0 bridgehead atoms. The van der Waals surface area contributed by atoms with Gasteiger partial charge >= 0.3 is 0 Å². The van der Waals surface area contributed by atoms with Crippen molar-refractivity contribution in [2.45, 2.75) is 38.1 Å². The normalized spacial score (nSPS) is 16.1. The number of nitrogens with two attached hydrogens (primary N) is 1. The van der Waals surface area contributed by atoms with Crippen molar-refractivity contribution in [3.8, 4) is 11.4 Å². The molecule has 1 aromatic heterocycles. The number of benzene rings is 1. The van der Waals surface area contributed by atoms with Crippen LogP contribution < -0.4 is 5.73 Å². The molecule has 100 valence electrons. The van der Waals surface area contributed by atoms with Crippen LogP contribution in [0.4, 0.5) is 0 Å². The molecule has 1 aromatic carbocycles. The maximum absolute atomic E-state index is 5.57. The number of rotatable bonds is 4. The highest BCUT2D eigenvalue weighted by Gasteiger charge is 2.20. The van der Waals surface area contributed by atoms with Gasteiger partial charge in [0.2, 0.25) is 0 Å². The van der Waals surface area contributed by atoms with Gasteiger partial charge in [-0.2, -0.15) is 0 Å². The molecule has 1 aliphatic rings. The maximum atomic E-state index is 5.57. The largest absolute Gasteiger partial charge is 0.330 e. The summed E-state index contributed by atoms with van der Waals surface area (Å²) in [5, 5.41) is 8.39. The van der Waals surface area contributed by atoms with E-state index in [2.05, 4.69) is 39.0 Å². The molecular formula is C15H20N4. The average Bonchev–Trinajstić information content (AvgIpc) is 3.11. The molecule has 1 saturated carbocycles. The fourth-order valence-corrected chi connectivity index (χ4v) is 2.89. The second-order valence-electron chi connectivity index (χ2n) is 5.24. The Kier molecular flexibility index (Phi) is 3.60. The van der Waals surface area contributed by atoms with Crippen LogP contribution in [0.2, 0.25) is 0 Å². The van der Waals surface area contributed by atoms with E-state index in [1.165, 1.54) is 31.2 Å². The van der Waals surface area contributed by atoms with Gasteiger partial charge in [-0.15, -0.1) is 10.2 Å². The smallest absolute Gasteiger partial charge is 0.163 e. The van der Waals surface area contributed by atoms with Crippen LogP contribution in [0.1, 0.15) is 37.3 Å². The summed E-state index contributed by atoms with van der Waals surface area (Å²) in [6.07, 6.45) is 7.93. The van der Waals surface area contributed by atoms with Gasteiger partial charge in [-0.3, -0.25) is 0 Å². The van der Waals surface area contributed by atoms with Gasteiger partial charge in [-0.1, -0.05) is 37.1 Å². The summed E-state index contributed by atoms with van der Waals surface area (Å²) in [7, 11) is 0. The minimum absolute atomic E-state index is 0.578. The Morgan fingerprint density at radius 3 is 2.58 bits per heavy atom. The summed E-state index contributed by atoms with van der Waals surface area (Å²) >= 11 is 0. The Balaban J connectivity index is 1.87. The highest BCUT2D eigenvalue weighted by molar-refractivity contribution is 5.55. The SMILES string of the molecule is NCCc1ccc(-c2nncn2C2CCCC2)cc1. The molecule has 2 N–H and O–H groups in total. The molecule has 0 amide bonds. The van der Waals surface area contributed by atoms with Gasteiger partial charge in [0.1, 0.15) is 6.33 Å². The molecule has 1 aliphatic carbocycles. The number of aromatic nitrogens is 3. The van der Waals surface area contributed by atoms with Crippen LogP contribution in [0.5, 0.6) is 0 Å². The first kappa shape index (κ1) is 12.4. The van der Waals surface area contributed by atoms with Crippen molar-refractivity contribution in [1.82, 2.24) is 14.8 Å². The van der Waals surface area contributed by atoms with Crippen molar-refractivity contribution >= 4 is 0 Å². The predicted octanol–water partition coefficient (Wildman–Crippen LogP) is 2.56. The molecule has 4 nitrogen and oxygen atoms in total. The topological polar surface area (TPSA) is 56.7 Å². The quantitative estimate of drug-likeness (QED) is 0.914. The molecule has 0 spiro atoms. The van der Waals surface area contributed by atoms with Crippen LogP contribution in [0.15, 0.2) is 30.6 Å². The first-order valence-corrected chi connectivity index (χ1v) is 7.07. The van der Waals surface area contributed by atoms with Crippen LogP contribution in [0.25, 0.3) is 11.4 Å². The number of nitrogens with zero attached hydrogens (tertiary/aromatic N) is 3. The van der Waals surface area contributed by atoms with Crippen LogP contribution >= 0.6 is 0 Å². The van der Waals surface area contributed by atoms with E-state index in [4.69, 9.17) is 5.73 Å². The molecule has 0 radical (unpaired) electrons. The predicted molar refractivity (Wildman–Crippen MR) is 75.7 cm³/mol. The highest BCUT2D eigenvalue weighted by atomic mass is 15.3. The van der Waals surface area contributed by atoms with Crippen molar-refractivity contribution in [2.75, 3.05) is 6.54 Å². The van der Waals surface area contributed by atoms with Gasteiger partial charge in [-0.25, -0.2) is 0 Å². The lowest BCUT2D eigenvalue weighted by Crippen LogP contribution is -2.06. The molecule has 2 aromatic rings. The fourth-order valence-electron chi connectivity index (χ4n) is 2.89. The third-order valence-electron chi connectivity index (χ3n) is 3.94. The van der Waals surface area contributed by atoms with Gasteiger partial charge in [0, 0.05) is 11.6 Å². The van der Waals surface area contributed by atoms with E-state index >= 15 is 0 Å². The number of hydrogen-bond acceptors (Lipinski definition) is 3. The van der Waals surface area contributed by atoms with Crippen molar-refractivity contribution in [3.05, 3.63) is 36.2 Å².